The van der Waals surface area contributed by atoms with Gasteiger partial charge in [0.2, 0.25) is 5.91 Å². The van der Waals surface area contributed by atoms with Gasteiger partial charge in [-0.1, -0.05) is 244 Å². The number of esters is 1. The topological polar surface area (TPSA) is 95.9 Å². The summed E-state index contributed by atoms with van der Waals surface area (Å²) in [5, 5.41) is 23.0. The molecule has 1 amide bonds. The fourth-order valence-electron chi connectivity index (χ4n) is 8.08. The number of allylic oxidation sites excluding steroid dienone is 3. The van der Waals surface area contributed by atoms with Crippen molar-refractivity contribution in [2.24, 2.45) is 0 Å². The second kappa shape index (κ2) is 50.0. The average molecular weight is 846 g/mol. The van der Waals surface area contributed by atoms with E-state index < -0.39 is 12.1 Å². The Morgan fingerprint density at radius 1 is 0.450 bits per heavy atom. The number of nitrogens with one attached hydrogen (secondary N) is 1. The number of carbonyl (C=O) groups excluding carboxylic acids is 2. The Balaban J connectivity index is 3.43. The van der Waals surface area contributed by atoms with Gasteiger partial charge in [-0.25, -0.2) is 0 Å². The first kappa shape index (κ1) is 58.3. The van der Waals surface area contributed by atoms with Crippen LogP contribution in [0.4, 0.5) is 0 Å². The molecule has 0 aliphatic heterocycles. The van der Waals surface area contributed by atoms with Crippen LogP contribution in [0.1, 0.15) is 284 Å². The fraction of sp³-hybridized carbons (Fsp3) is 0.889. The molecule has 6 nitrogen and oxygen atoms in total. The molecule has 0 bridgehead atoms. The molecule has 0 rings (SSSR count). The van der Waals surface area contributed by atoms with Crippen molar-refractivity contribution in [3.63, 3.8) is 0 Å². The standard InChI is InChI=1S/C54H103NO5/c1-3-5-7-9-11-13-15-23-27-30-34-38-42-46-52(57)51(50-56)55-53(58)47-43-39-35-31-28-24-21-19-17-16-18-20-22-25-29-33-37-41-45-49-60-54(59)48-44-40-36-32-26-14-12-10-8-6-4-2/h10,12,42,46,51-52,56-57H,3-9,11,13-41,43-45,47-50H2,1-2H3,(H,55,58)/b12-10-,46-42+. The average Bonchev–Trinajstić information content (AvgIpc) is 3.25. The summed E-state index contributed by atoms with van der Waals surface area (Å²) in [7, 11) is 0. The van der Waals surface area contributed by atoms with Crippen LogP contribution in [-0.2, 0) is 14.3 Å². The number of hydrogen-bond donors (Lipinski definition) is 3. The lowest BCUT2D eigenvalue weighted by Gasteiger charge is -2.20. The minimum absolute atomic E-state index is 0.00311. The highest BCUT2D eigenvalue weighted by Crippen LogP contribution is 2.16. The molecule has 0 radical (unpaired) electrons. The Labute approximate surface area is 373 Å². The van der Waals surface area contributed by atoms with Crippen molar-refractivity contribution in [3.05, 3.63) is 24.3 Å². The Morgan fingerprint density at radius 3 is 1.23 bits per heavy atom. The Morgan fingerprint density at radius 2 is 0.800 bits per heavy atom. The molecule has 3 N–H and O–H groups in total. The number of rotatable bonds is 49. The summed E-state index contributed by atoms with van der Waals surface area (Å²) in [6, 6.07) is -0.629. The molecule has 0 spiro atoms. The van der Waals surface area contributed by atoms with E-state index in [1.807, 2.05) is 6.08 Å². The predicted octanol–water partition coefficient (Wildman–Crippen LogP) is 15.9. The van der Waals surface area contributed by atoms with Gasteiger partial charge in [-0.2, -0.15) is 0 Å². The van der Waals surface area contributed by atoms with Crippen LogP contribution in [0.5, 0.6) is 0 Å². The van der Waals surface area contributed by atoms with Crippen molar-refractivity contribution < 1.29 is 24.5 Å². The van der Waals surface area contributed by atoms with Gasteiger partial charge >= 0.3 is 5.97 Å². The molecule has 0 aliphatic rings. The minimum Gasteiger partial charge on any atom is -0.466 e. The molecule has 2 unspecified atom stereocenters. The van der Waals surface area contributed by atoms with Crippen molar-refractivity contribution >= 4 is 11.9 Å². The Kier molecular flexibility index (Phi) is 48.6. The first-order valence-corrected chi connectivity index (χ1v) is 26.6. The molecule has 0 heterocycles. The van der Waals surface area contributed by atoms with Crippen molar-refractivity contribution in [1.29, 1.82) is 0 Å². The maximum Gasteiger partial charge on any atom is 0.305 e. The zero-order valence-electron chi connectivity index (χ0n) is 40.2. The van der Waals surface area contributed by atoms with Crippen molar-refractivity contribution in [1.82, 2.24) is 5.32 Å². The van der Waals surface area contributed by atoms with Crippen LogP contribution in [-0.4, -0.2) is 47.4 Å². The van der Waals surface area contributed by atoms with E-state index in [-0.39, 0.29) is 18.5 Å². The zero-order chi connectivity index (χ0) is 43.7. The Bertz CT molecular complexity index is 935. The highest BCUT2D eigenvalue weighted by atomic mass is 16.5. The van der Waals surface area contributed by atoms with E-state index in [2.05, 4.69) is 31.3 Å². The minimum atomic E-state index is -0.845. The lowest BCUT2D eigenvalue weighted by Crippen LogP contribution is -2.45. The third kappa shape index (κ3) is 45.9. The third-order valence-electron chi connectivity index (χ3n) is 12.2. The summed E-state index contributed by atoms with van der Waals surface area (Å²) in [6.45, 7) is 4.85. The molecule has 0 saturated heterocycles. The van der Waals surface area contributed by atoms with Crippen LogP contribution >= 0.6 is 0 Å². The lowest BCUT2D eigenvalue weighted by molar-refractivity contribution is -0.143. The van der Waals surface area contributed by atoms with Gasteiger partial charge in [-0.15, -0.1) is 0 Å². The monoisotopic (exact) mass is 846 g/mol. The Hall–Kier alpha value is -1.66. The predicted molar refractivity (Wildman–Crippen MR) is 260 cm³/mol. The number of unbranched alkanes of at least 4 members (excludes halogenated alkanes) is 36. The fourth-order valence-corrected chi connectivity index (χ4v) is 8.08. The summed E-state index contributed by atoms with van der Waals surface area (Å²) in [6.07, 6.45) is 59.0. The summed E-state index contributed by atoms with van der Waals surface area (Å²) in [5.74, 6) is -0.0743. The molecule has 2 atom stereocenters. The highest BCUT2D eigenvalue weighted by Gasteiger charge is 2.18. The first-order chi connectivity index (χ1) is 29.5. The summed E-state index contributed by atoms with van der Waals surface area (Å²) >= 11 is 0. The molecule has 354 valence electrons. The number of aliphatic hydroxyl groups excluding tert-OH is 2. The maximum absolute atomic E-state index is 12.4. The first-order valence-electron chi connectivity index (χ1n) is 26.6. The zero-order valence-corrected chi connectivity index (χ0v) is 40.2. The number of hydrogen-bond acceptors (Lipinski definition) is 5. The van der Waals surface area contributed by atoms with E-state index in [1.54, 1.807) is 6.08 Å². The molecular weight excluding hydrogens is 743 g/mol. The van der Waals surface area contributed by atoms with Crippen LogP contribution in [0.2, 0.25) is 0 Å². The summed E-state index contributed by atoms with van der Waals surface area (Å²) in [4.78, 5) is 24.4. The van der Waals surface area contributed by atoms with Gasteiger partial charge in [0.05, 0.1) is 25.4 Å². The van der Waals surface area contributed by atoms with Crippen LogP contribution in [0.3, 0.4) is 0 Å². The molecule has 0 aromatic carbocycles. The molecular formula is C54H103NO5. The van der Waals surface area contributed by atoms with Crippen LogP contribution < -0.4 is 5.32 Å². The van der Waals surface area contributed by atoms with E-state index in [0.29, 0.717) is 19.4 Å². The molecule has 0 fully saturated rings. The quantitative estimate of drug-likeness (QED) is 0.0322. The van der Waals surface area contributed by atoms with Crippen LogP contribution in [0.25, 0.3) is 0 Å². The van der Waals surface area contributed by atoms with Crippen molar-refractivity contribution in [2.45, 2.75) is 296 Å². The van der Waals surface area contributed by atoms with Crippen molar-refractivity contribution in [3.8, 4) is 0 Å². The van der Waals surface area contributed by atoms with E-state index in [9.17, 15) is 19.8 Å². The summed E-state index contributed by atoms with van der Waals surface area (Å²) in [5.41, 5.74) is 0. The molecule has 60 heavy (non-hydrogen) atoms. The van der Waals surface area contributed by atoms with E-state index >= 15 is 0 Å². The van der Waals surface area contributed by atoms with E-state index in [4.69, 9.17) is 4.74 Å². The van der Waals surface area contributed by atoms with Crippen LogP contribution in [0.15, 0.2) is 24.3 Å². The second-order valence-electron chi connectivity index (χ2n) is 18.2. The molecule has 0 saturated carbocycles. The number of aliphatic hydroxyl groups is 2. The van der Waals surface area contributed by atoms with Gasteiger partial charge in [0.25, 0.3) is 0 Å². The molecule has 0 aromatic heterocycles. The maximum atomic E-state index is 12.4. The van der Waals surface area contributed by atoms with Gasteiger partial charge in [0.1, 0.15) is 0 Å². The van der Waals surface area contributed by atoms with Gasteiger partial charge in [0, 0.05) is 12.8 Å². The highest BCUT2D eigenvalue weighted by molar-refractivity contribution is 5.76. The third-order valence-corrected chi connectivity index (χ3v) is 12.2. The number of amides is 1. The second-order valence-corrected chi connectivity index (χ2v) is 18.2. The molecule has 0 aliphatic carbocycles. The van der Waals surface area contributed by atoms with E-state index in [1.165, 1.54) is 212 Å². The molecule has 6 heteroatoms. The van der Waals surface area contributed by atoms with Gasteiger partial charge in [-0.05, 0) is 51.4 Å². The number of ether oxygens (including phenoxy) is 1. The molecule has 0 aromatic rings. The smallest absolute Gasteiger partial charge is 0.305 e. The van der Waals surface area contributed by atoms with Gasteiger partial charge in [-0.3, -0.25) is 9.59 Å². The lowest BCUT2D eigenvalue weighted by atomic mass is 10.0. The summed E-state index contributed by atoms with van der Waals surface area (Å²) < 4.78 is 5.45. The SMILES string of the molecule is CCCC/C=C\CCCCCCCC(=O)OCCCCCCCCCCCCCCCCCCCCCC(=O)NC(CO)C(O)/C=C/CCCCCCCCCCCCC. The van der Waals surface area contributed by atoms with Crippen molar-refractivity contribution in [2.75, 3.05) is 13.2 Å². The van der Waals surface area contributed by atoms with Gasteiger partial charge < -0.3 is 20.3 Å². The number of carbonyl (C=O) groups is 2. The largest absolute Gasteiger partial charge is 0.466 e. The van der Waals surface area contributed by atoms with E-state index in [0.717, 1.165) is 44.9 Å². The normalized spacial score (nSPS) is 12.8. The van der Waals surface area contributed by atoms with Gasteiger partial charge in [0.15, 0.2) is 0 Å². The van der Waals surface area contributed by atoms with Crippen LogP contribution in [0, 0.1) is 0 Å².